The van der Waals surface area contributed by atoms with E-state index in [-0.39, 0.29) is 6.04 Å². The van der Waals surface area contributed by atoms with Crippen LogP contribution < -0.4 is 5.32 Å². The van der Waals surface area contributed by atoms with Crippen molar-refractivity contribution >= 4 is 5.78 Å². The van der Waals surface area contributed by atoms with E-state index in [1.807, 2.05) is 6.92 Å². The Morgan fingerprint density at radius 3 is 3.00 bits per heavy atom. The molecule has 0 bridgehead atoms. The molecule has 1 N–H and O–H groups in total. The quantitative estimate of drug-likeness (QED) is 0.638. The van der Waals surface area contributed by atoms with Crippen LogP contribution in [0.4, 0.5) is 0 Å². The summed E-state index contributed by atoms with van der Waals surface area (Å²) < 4.78 is 0. The van der Waals surface area contributed by atoms with Crippen molar-refractivity contribution in [2.24, 2.45) is 0 Å². The molecule has 58 valence electrons. The summed E-state index contributed by atoms with van der Waals surface area (Å²) in [6, 6.07) is 0.194. The van der Waals surface area contributed by atoms with Gasteiger partial charge in [-0.1, -0.05) is 6.92 Å². The molecule has 0 aromatic rings. The van der Waals surface area contributed by atoms with Crippen LogP contribution in [0.1, 0.15) is 32.6 Å². The molecule has 0 spiro atoms. The molecule has 0 aromatic carbocycles. The van der Waals surface area contributed by atoms with E-state index >= 15 is 0 Å². The van der Waals surface area contributed by atoms with Crippen molar-refractivity contribution in [2.75, 3.05) is 6.54 Å². The first-order valence-electron chi connectivity index (χ1n) is 4.10. The molecule has 0 aliphatic carbocycles. The molecule has 1 rings (SSSR count). The fraction of sp³-hybridized carbons (Fsp3) is 0.875. The monoisotopic (exact) mass is 141 g/mol. The van der Waals surface area contributed by atoms with Crippen LogP contribution >= 0.6 is 0 Å². The Hall–Kier alpha value is -0.370. The van der Waals surface area contributed by atoms with Gasteiger partial charge in [0.1, 0.15) is 5.78 Å². The van der Waals surface area contributed by atoms with Crippen LogP contribution in [-0.2, 0) is 4.79 Å². The van der Waals surface area contributed by atoms with Crippen LogP contribution in [0.3, 0.4) is 0 Å². The third kappa shape index (κ3) is 1.81. The maximum absolute atomic E-state index is 11.2. The Morgan fingerprint density at radius 2 is 2.50 bits per heavy atom. The molecule has 1 heterocycles. The van der Waals surface area contributed by atoms with Crippen molar-refractivity contribution in [1.29, 1.82) is 0 Å². The molecule has 2 nitrogen and oxygen atoms in total. The van der Waals surface area contributed by atoms with Crippen LogP contribution in [0.15, 0.2) is 0 Å². The molecule has 10 heavy (non-hydrogen) atoms. The summed E-state index contributed by atoms with van der Waals surface area (Å²) in [7, 11) is 0. The van der Waals surface area contributed by atoms with E-state index in [4.69, 9.17) is 0 Å². The van der Waals surface area contributed by atoms with Gasteiger partial charge in [0.2, 0.25) is 0 Å². The maximum Gasteiger partial charge on any atom is 0.149 e. The van der Waals surface area contributed by atoms with Crippen LogP contribution in [0.2, 0.25) is 0 Å². The van der Waals surface area contributed by atoms with E-state index < -0.39 is 0 Å². The van der Waals surface area contributed by atoms with E-state index in [9.17, 15) is 4.79 Å². The van der Waals surface area contributed by atoms with Gasteiger partial charge in [0.15, 0.2) is 0 Å². The molecule has 1 saturated heterocycles. The van der Waals surface area contributed by atoms with Gasteiger partial charge in [-0.25, -0.2) is 0 Å². The van der Waals surface area contributed by atoms with Gasteiger partial charge in [0, 0.05) is 6.42 Å². The summed E-state index contributed by atoms with van der Waals surface area (Å²) in [6.07, 6.45) is 3.95. The first-order chi connectivity index (χ1) is 4.84. The number of Topliss-reactive ketones (excluding diaryl/α,β-unsaturated/α-hetero) is 1. The molecule has 0 unspecified atom stereocenters. The molecule has 0 radical (unpaired) electrons. The Kier molecular flexibility index (Phi) is 2.87. The fourth-order valence-corrected chi connectivity index (χ4v) is 1.38. The number of hydrogen-bond donors (Lipinski definition) is 1. The average Bonchev–Trinajstić information content (AvgIpc) is 2.38. The number of nitrogens with one attached hydrogen (secondary N) is 1. The zero-order valence-electron chi connectivity index (χ0n) is 6.52. The lowest BCUT2D eigenvalue weighted by atomic mass is 10.1. The SMILES string of the molecule is CCCC(=O)[C@H]1CCCN1. The molecule has 1 atom stereocenters. The molecule has 0 aromatic heterocycles. The highest BCUT2D eigenvalue weighted by Crippen LogP contribution is 2.08. The van der Waals surface area contributed by atoms with E-state index in [2.05, 4.69) is 5.32 Å². The first kappa shape index (κ1) is 7.73. The van der Waals surface area contributed by atoms with Crippen LogP contribution in [0, 0.1) is 0 Å². The van der Waals surface area contributed by atoms with Crippen molar-refractivity contribution in [3.63, 3.8) is 0 Å². The number of carbonyl (C=O) groups excluding carboxylic acids is 1. The van der Waals surface area contributed by atoms with Gasteiger partial charge in [-0.05, 0) is 25.8 Å². The van der Waals surface area contributed by atoms with Crippen LogP contribution in [-0.4, -0.2) is 18.4 Å². The second-order valence-corrected chi connectivity index (χ2v) is 2.87. The van der Waals surface area contributed by atoms with E-state index in [1.54, 1.807) is 0 Å². The number of ketones is 1. The molecular formula is C8H15NO. The average molecular weight is 141 g/mol. The minimum atomic E-state index is 0.194. The van der Waals surface area contributed by atoms with Crippen LogP contribution in [0.5, 0.6) is 0 Å². The topological polar surface area (TPSA) is 29.1 Å². The summed E-state index contributed by atoms with van der Waals surface area (Å²) in [5, 5.41) is 3.19. The van der Waals surface area contributed by atoms with Gasteiger partial charge in [-0.3, -0.25) is 4.79 Å². The Labute approximate surface area is 62.0 Å². The predicted molar refractivity (Wildman–Crippen MR) is 40.9 cm³/mol. The van der Waals surface area contributed by atoms with E-state index in [0.717, 1.165) is 25.8 Å². The highest BCUT2D eigenvalue weighted by molar-refractivity contribution is 5.84. The minimum absolute atomic E-state index is 0.194. The standard InChI is InChI=1S/C8H15NO/c1-2-4-8(10)7-5-3-6-9-7/h7,9H,2-6H2,1H3/t7-/m1/s1. The molecule has 1 fully saturated rings. The second kappa shape index (κ2) is 3.71. The van der Waals surface area contributed by atoms with E-state index in [0.29, 0.717) is 5.78 Å². The second-order valence-electron chi connectivity index (χ2n) is 2.87. The lowest BCUT2D eigenvalue weighted by Gasteiger charge is -2.06. The lowest BCUT2D eigenvalue weighted by Crippen LogP contribution is -2.30. The van der Waals surface area contributed by atoms with Gasteiger partial charge in [0.25, 0.3) is 0 Å². The largest absolute Gasteiger partial charge is 0.307 e. The zero-order chi connectivity index (χ0) is 7.40. The van der Waals surface area contributed by atoms with Gasteiger partial charge in [0.05, 0.1) is 6.04 Å². The summed E-state index contributed by atoms with van der Waals surface area (Å²) in [5.41, 5.74) is 0. The van der Waals surface area contributed by atoms with Crippen molar-refractivity contribution in [3.05, 3.63) is 0 Å². The number of rotatable bonds is 3. The highest BCUT2D eigenvalue weighted by Gasteiger charge is 2.20. The van der Waals surface area contributed by atoms with Crippen molar-refractivity contribution in [1.82, 2.24) is 5.32 Å². The third-order valence-electron chi connectivity index (χ3n) is 1.95. The predicted octanol–water partition coefficient (Wildman–Crippen LogP) is 1.11. The van der Waals surface area contributed by atoms with Crippen molar-refractivity contribution in [2.45, 2.75) is 38.6 Å². The third-order valence-corrected chi connectivity index (χ3v) is 1.95. The van der Waals surface area contributed by atoms with E-state index in [1.165, 1.54) is 6.42 Å². The van der Waals surface area contributed by atoms with Crippen LogP contribution in [0.25, 0.3) is 0 Å². The number of hydrogen-bond acceptors (Lipinski definition) is 2. The van der Waals surface area contributed by atoms with Gasteiger partial charge >= 0.3 is 0 Å². The smallest absolute Gasteiger partial charge is 0.149 e. The van der Waals surface area contributed by atoms with Gasteiger partial charge in [-0.15, -0.1) is 0 Å². The molecule has 1 aliphatic heterocycles. The lowest BCUT2D eigenvalue weighted by molar-refractivity contribution is -0.120. The molecule has 0 amide bonds. The summed E-state index contributed by atoms with van der Waals surface area (Å²) >= 11 is 0. The molecular weight excluding hydrogens is 126 g/mol. The van der Waals surface area contributed by atoms with Crippen molar-refractivity contribution < 1.29 is 4.79 Å². The summed E-state index contributed by atoms with van der Waals surface area (Å²) in [5.74, 6) is 0.403. The highest BCUT2D eigenvalue weighted by atomic mass is 16.1. The van der Waals surface area contributed by atoms with Gasteiger partial charge < -0.3 is 5.32 Å². The molecule has 0 saturated carbocycles. The minimum Gasteiger partial charge on any atom is -0.307 e. The summed E-state index contributed by atoms with van der Waals surface area (Å²) in [4.78, 5) is 11.2. The normalized spacial score (nSPS) is 25.1. The summed E-state index contributed by atoms with van der Waals surface area (Å²) in [6.45, 7) is 3.08. The molecule has 2 heteroatoms. The van der Waals surface area contributed by atoms with Crippen molar-refractivity contribution in [3.8, 4) is 0 Å². The zero-order valence-corrected chi connectivity index (χ0v) is 6.52. The maximum atomic E-state index is 11.2. The Bertz CT molecular complexity index is 116. The Morgan fingerprint density at radius 1 is 1.70 bits per heavy atom. The molecule has 1 aliphatic rings. The first-order valence-corrected chi connectivity index (χ1v) is 4.10. The number of carbonyl (C=O) groups is 1. The Balaban J connectivity index is 2.25. The fourth-order valence-electron chi connectivity index (χ4n) is 1.38. The van der Waals surface area contributed by atoms with Gasteiger partial charge in [-0.2, -0.15) is 0 Å².